The van der Waals surface area contributed by atoms with Crippen molar-refractivity contribution in [3.8, 4) is 11.1 Å². The predicted octanol–water partition coefficient (Wildman–Crippen LogP) is 3.11. The van der Waals surface area contributed by atoms with Crippen molar-refractivity contribution in [3.63, 3.8) is 0 Å². The second-order valence-corrected chi connectivity index (χ2v) is 3.97. The van der Waals surface area contributed by atoms with Crippen LogP contribution in [0.1, 0.15) is 10.5 Å². The van der Waals surface area contributed by atoms with Crippen LogP contribution >= 0.6 is 0 Å². The average Bonchev–Trinajstić information content (AvgIpc) is 2.47. The molecule has 0 fully saturated rings. The Kier molecular flexibility index (Phi) is 2.57. The van der Waals surface area contributed by atoms with E-state index in [1.807, 2.05) is 42.6 Å². The molecule has 0 saturated carbocycles. The summed E-state index contributed by atoms with van der Waals surface area (Å²) in [6.45, 7) is 0. The zero-order chi connectivity index (χ0) is 12.4. The molecule has 3 nitrogen and oxygen atoms in total. The monoisotopic (exact) mass is 234 g/mol. The number of fused-ring (bicyclic) bond motifs is 1. The highest BCUT2D eigenvalue weighted by Crippen LogP contribution is 2.23. The number of pyridine rings is 2. The number of hydrogen-bond donors (Lipinski definition) is 0. The molecule has 2 aromatic heterocycles. The number of aldehydes is 1. The van der Waals surface area contributed by atoms with Crippen molar-refractivity contribution in [2.24, 2.45) is 0 Å². The van der Waals surface area contributed by atoms with Crippen LogP contribution in [-0.4, -0.2) is 16.3 Å². The fraction of sp³-hybridized carbons (Fsp3) is 0. The largest absolute Gasteiger partial charge is 0.296 e. The van der Waals surface area contributed by atoms with E-state index in [0.29, 0.717) is 5.69 Å². The molecule has 0 atom stereocenters. The van der Waals surface area contributed by atoms with Gasteiger partial charge in [-0.3, -0.25) is 14.8 Å². The van der Waals surface area contributed by atoms with Crippen molar-refractivity contribution in [2.75, 3.05) is 0 Å². The van der Waals surface area contributed by atoms with E-state index >= 15 is 0 Å². The highest BCUT2D eigenvalue weighted by molar-refractivity contribution is 5.96. The molecule has 18 heavy (non-hydrogen) atoms. The lowest BCUT2D eigenvalue weighted by molar-refractivity contribution is 0.112. The highest BCUT2D eigenvalue weighted by Gasteiger charge is 2.04. The van der Waals surface area contributed by atoms with Crippen LogP contribution in [0, 0.1) is 0 Å². The van der Waals surface area contributed by atoms with Gasteiger partial charge >= 0.3 is 0 Å². The van der Waals surface area contributed by atoms with E-state index in [2.05, 4.69) is 9.97 Å². The number of carbonyl (C=O) groups excluding carboxylic acids is 1. The lowest BCUT2D eigenvalue weighted by Gasteiger charge is -2.04. The Balaban J connectivity index is 2.25. The Bertz CT molecular complexity index is 708. The van der Waals surface area contributed by atoms with E-state index in [9.17, 15) is 4.79 Å². The lowest BCUT2D eigenvalue weighted by atomic mass is 10.1. The van der Waals surface area contributed by atoms with Crippen molar-refractivity contribution in [2.45, 2.75) is 0 Å². The van der Waals surface area contributed by atoms with Gasteiger partial charge in [0.1, 0.15) is 5.69 Å². The van der Waals surface area contributed by atoms with Gasteiger partial charge in [0.15, 0.2) is 6.29 Å². The van der Waals surface area contributed by atoms with E-state index in [1.54, 1.807) is 12.3 Å². The van der Waals surface area contributed by atoms with Crippen molar-refractivity contribution in [1.82, 2.24) is 9.97 Å². The minimum atomic E-state index is 0.429. The molecule has 2 heterocycles. The summed E-state index contributed by atoms with van der Waals surface area (Å²) in [7, 11) is 0. The van der Waals surface area contributed by atoms with E-state index < -0.39 is 0 Å². The summed E-state index contributed by atoms with van der Waals surface area (Å²) < 4.78 is 0. The molecule has 0 bridgehead atoms. The van der Waals surface area contributed by atoms with E-state index in [-0.39, 0.29) is 0 Å². The third kappa shape index (κ3) is 1.76. The van der Waals surface area contributed by atoms with Crippen molar-refractivity contribution in [1.29, 1.82) is 0 Å². The molecule has 3 heteroatoms. The van der Waals surface area contributed by atoms with E-state index in [1.165, 1.54) is 0 Å². The van der Waals surface area contributed by atoms with Crippen LogP contribution in [0.15, 0.2) is 54.9 Å². The minimum Gasteiger partial charge on any atom is -0.296 e. The molecule has 0 aliphatic carbocycles. The molecule has 86 valence electrons. The number of carbonyl (C=O) groups is 1. The summed E-state index contributed by atoms with van der Waals surface area (Å²) in [5.74, 6) is 0. The molecule has 0 N–H and O–H groups in total. The van der Waals surface area contributed by atoms with Crippen molar-refractivity contribution >= 4 is 17.2 Å². The molecule has 1 aromatic carbocycles. The maximum atomic E-state index is 11.0. The molecule has 0 saturated heterocycles. The molecule has 0 aliphatic rings. The van der Waals surface area contributed by atoms with Crippen LogP contribution in [0.25, 0.3) is 22.0 Å². The van der Waals surface area contributed by atoms with Crippen LogP contribution in [0.4, 0.5) is 0 Å². The normalized spacial score (nSPS) is 10.4. The highest BCUT2D eigenvalue weighted by atomic mass is 16.1. The number of aromatic nitrogens is 2. The summed E-state index contributed by atoms with van der Waals surface area (Å²) in [5, 5.41) is 0.786. The maximum Gasteiger partial charge on any atom is 0.169 e. The first-order valence-corrected chi connectivity index (χ1v) is 5.64. The minimum absolute atomic E-state index is 0.429. The second kappa shape index (κ2) is 4.37. The van der Waals surface area contributed by atoms with Gasteiger partial charge in [0, 0.05) is 23.3 Å². The number of nitrogens with zero attached hydrogens (tertiary/aromatic N) is 2. The van der Waals surface area contributed by atoms with E-state index in [4.69, 9.17) is 0 Å². The zero-order valence-electron chi connectivity index (χ0n) is 9.58. The Hall–Kier alpha value is -2.55. The van der Waals surface area contributed by atoms with Gasteiger partial charge in [-0.05, 0) is 17.7 Å². The maximum absolute atomic E-state index is 11.0. The Morgan fingerprint density at radius 1 is 0.944 bits per heavy atom. The summed E-state index contributed by atoms with van der Waals surface area (Å²) in [4.78, 5) is 19.4. The van der Waals surface area contributed by atoms with Crippen LogP contribution in [-0.2, 0) is 0 Å². The Morgan fingerprint density at radius 3 is 2.56 bits per heavy atom. The van der Waals surface area contributed by atoms with Gasteiger partial charge in [-0.25, -0.2) is 0 Å². The van der Waals surface area contributed by atoms with Gasteiger partial charge in [0.2, 0.25) is 0 Å². The predicted molar refractivity (Wildman–Crippen MR) is 70.4 cm³/mol. The molecule has 0 spiro atoms. The zero-order valence-corrected chi connectivity index (χ0v) is 9.58. The van der Waals surface area contributed by atoms with Gasteiger partial charge in [-0.15, -0.1) is 0 Å². The molecule has 0 unspecified atom stereocenters. The van der Waals surface area contributed by atoms with Crippen molar-refractivity contribution < 1.29 is 4.79 Å². The molecule has 0 amide bonds. The third-order valence-electron chi connectivity index (χ3n) is 2.86. The molecular formula is C15H10N2O. The van der Waals surface area contributed by atoms with Crippen LogP contribution < -0.4 is 0 Å². The van der Waals surface area contributed by atoms with Crippen molar-refractivity contribution in [3.05, 3.63) is 60.6 Å². The smallest absolute Gasteiger partial charge is 0.169 e. The average molecular weight is 234 g/mol. The first-order valence-electron chi connectivity index (χ1n) is 5.64. The molecule has 3 aromatic rings. The molecule has 3 rings (SSSR count). The Labute approximate surface area is 104 Å². The molecule has 0 radical (unpaired) electrons. The van der Waals surface area contributed by atoms with Crippen LogP contribution in [0.2, 0.25) is 0 Å². The van der Waals surface area contributed by atoms with Gasteiger partial charge in [-0.2, -0.15) is 0 Å². The standard InChI is InChI=1S/C15H10N2O/c18-10-15-13-8-12(11-4-2-1-3-5-11)9-17-14(13)6-7-16-15/h1-10H. The fourth-order valence-corrected chi connectivity index (χ4v) is 1.95. The summed E-state index contributed by atoms with van der Waals surface area (Å²) in [6, 6.07) is 13.7. The number of hydrogen-bond acceptors (Lipinski definition) is 3. The first-order chi connectivity index (χ1) is 8.88. The second-order valence-electron chi connectivity index (χ2n) is 3.97. The Morgan fingerprint density at radius 2 is 1.78 bits per heavy atom. The van der Waals surface area contributed by atoms with Crippen LogP contribution in [0.3, 0.4) is 0 Å². The summed E-state index contributed by atoms with van der Waals surface area (Å²) in [6.07, 6.45) is 4.17. The summed E-state index contributed by atoms with van der Waals surface area (Å²) in [5.41, 5.74) is 3.27. The summed E-state index contributed by atoms with van der Waals surface area (Å²) >= 11 is 0. The number of rotatable bonds is 2. The SMILES string of the molecule is O=Cc1nccc2ncc(-c3ccccc3)cc12. The van der Waals surface area contributed by atoms with Crippen LogP contribution in [0.5, 0.6) is 0 Å². The third-order valence-corrected chi connectivity index (χ3v) is 2.86. The van der Waals surface area contributed by atoms with Gasteiger partial charge in [0.05, 0.1) is 5.52 Å². The lowest BCUT2D eigenvalue weighted by Crippen LogP contribution is -1.91. The molecular weight excluding hydrogens is 224 g/mol. The topological polar surface area (TPSA) is 42.9 Å². The first kappa shape index (κ1) is 10.6. The van der Waals surface area contributed by atoms with Gasteiger partial charge < -0.3 is 0 Å². The molecule has 0 aliphatic heterocycles. The fourth-order valence-electron chi connectivity index (χ4n) is 1.95. The quantitative estimate of drug-likeness (QED) is 0.640. The van der Waals surface area contributed by atoms with Gasteiger partial charge in [0.25, 0.3) is 0 Å². The number of benzene rings is 1. The van der Waals surface area contributed by atoms with E-state index in [0.717, 1.165) is 28.3 Å². The van der Waals surface area contributed by atoms with Gasteiger partial charge in [-0.1, -0.05) is 30.3 Å².